The summed E-state index contributed by atoms with van der Waals surface area (Å²) in [6.45, 7) is 0.655. The van der Waals surface area contributed by atoms with E-state index in [4.69, 9.17) is 0 Å². The summed E-state index contributed by atoms with van der Waals surface area (Å²) in [5.41, 5.74) is 0. The van der Waals surface area contributed by atoms with Crippen LogP contribution in [0.3, 0.4) is 0 Å². The van der Waals surface area contributed by atoms with Gasteiger partial charge in [0.05, 0.1) is 6.54 Å². The molecule has 1 unspecified atom stereocenters. The van der Waals surface area contributed by atoms with Crippen LogP contribution in [-0.4, -0.2) is 37.0 Å². The molecule has 3 rings (SSSR count). The molecular weight excluding hydrogens is 218 g/mol. The average molecular weight is 237 g/mol. The van der Waals surface area contributed by atoms with Crippen LogP contribution >= 0.6 is 0 Å². The van der Waals surface area contributed by atoms with Gasteiger partial charge in [-0.05, 0) is 37.5 Å². The van der Waals surface area contributed by atoms with E-state index in [2.05, 4.69) is 16.0 Å². The van der Waals surface area contributed by atoms with Gasteiger partial charge in [0, 0.05) is 12.6 Å². The zero-order valence-electron chi connectivity index (χ0n) is 9.87. The van der Waals surface area contributed by atoms with Gasteiger partial charge < -0.3 is 10.6 Å². The molecule has 2 saturated carbocycles. The summed E-state index contributed by atoms with van der Waals surface area (Å²) in [5.74, 6) is 1.44. The predicted octanol–water partition coefficient (Wildman–Crippen LogP) is -0.621. The summed E-state index contributed by atoms with van der Waals surface area (Å²) in [5, 5.41) is 8.85. The Bertz CT molecular complexity index is 315. The van der Waals surface area contributed by atoms with Gasteiger partial charge in [-0.3, -0.25) is 14.9 Å². The summed E-state index contributed by atoms with van der Waals surface area (Å²) in [6, 6.07) is 0.134. The molecule has 5 heteroatoms. The molecule has 5 nitrogen and oxygen atoms in total. The summed E-state index contributed by atoms with van der Waals surface area (Å²) < 4.78 is 0. The van der Waals surface area contributed by atoms with Crippen LogP contribution in [0.25, 0.3) is 0 Å². The molecular formula is C12H19N3O2. The lowest BCUT2D eigenvalue weighted by atomic mass is 10.1. The van der Waals surface area contributed by atoms with Crippen LogP contribution in [0.1, 0.15) is 25.7 Å². The third kappa shape index (κ3) is 2.60. The van der Waals surface area contributed by atoms with E-state index in [1.165, 1.54) is 25.7 Å². The van der Waals surface area contributed by atoms with Crippen molar-refractivity contribution in [3.63, 3.8) is 0 Å². The van der Waals surface area contributed by atoms with Crippen molar-refractivity contribution in [3.05, 3.63) is 0 Å². The molecule has 0 spiro atoms. The molecule has 1 heterocycles. The Kier molecular flexibility index (Phi) is 2.78. The second-order valence-corrected chi connectivity index (χ2v) is 5.45. The van der Waals surface area contributed by atoms with E-state index >= 15 is 0 Å². The number of hydrogen-bond donors (Lipinski definition) is 3. The number of amides is 2. The molecule has 1 aliphatic heterocycles. The van der Waals surface area contributed by atoms with E-state index < -0.39 is 0 Å². The monoisotopic (exact) mass is 237 g/mol. The molecule has 0 bridgehead atoms. The fraction of sp³-hybridized carbons (Fsp3) is 0.833. The van der Waals surface area contributed by atoms with Gasteiger partial charge in [0.2, 0.25) is 11.8 Å². The van der Waals surface area contributed by atoms with Gasteiger partial charge in [0.1, 0.15) is 6.04 Å². The van der Waals surface area contributed by atoms with Crippen molar-refractivity contribution in [3.8, 4) is 0 Å². The molecule has 94 valence electrons. The highest BCUT2D eigenvalue weighted by atomic mass is 16.2. The Labute approximate surface area is 101 Å². The second kappa shape index (κ2) is 4.29. The van der Waals surface area contributed by atoms with E-state index in [1.54, 1.807) is 0 Å². The summed E-state index contributed by atoms with van der Waals surface area (Å²) >= 11 is 0. The average Bonchev–Trinajstić information content (AvgIpc) is 3.17. The minimum absolute atomic E-state index is 0.0324. The number of hydrogen-bond acceptors (Lipinski definition) is 3. The van der Waals surface area contributed by atoms with Crippen LogP contribution < -0.4 is 16.0 Å². The highest BCUT2D eigenvalue weighted by Gasteiger charge is 2.43. The van der Waals surface area contributed by atoms with Gasteiger partial charge in [-0.1, -0.05) is 0 Å². The molecule has 3 fully saturated rings. The Morgan fingerprint density at radius 1 is 1.24 bits per heavy atom. The van der Waals surface area contributed by atoms with Crippen LogP contribution in [0.15, 0.2) is 0 Å². The highest BCUT2D eigenvalue weighted by molar-refractivity contribution is 5.86. The van der Waals surface area contributed by atoms with Crippen LogP contribution in [0.4, 0.5) is 0 Å². The fourth-order valence-electron chi connectivity index (χ4n) is 2.55. The van der Waals surface area contributed by atoms with Crippen LogP contribution in [0, 0.1) is 11.8 Å². The first kappa shape index (κ1) is 11.0. The van der Waals surface area contributed by atoms with Crippen molar-refractivity contribution in [2.45, 2.75) is 37.8 Å². The van der Waals surface area contributed by atoms with Crippen LogP contribution in [0.2, 0.25) is 0 Å². The van der Waals surface area contributed by atoms with Crippen molar-refractivity contribution in [2.75, 3.05) is 13.1 Å². The molecule has 0 aromatic heterocycles. The molecule has 2 aliphatic carbocycles. The first-order valence-electron chi connectivity index (χ1n) is 6.54. The standard InChI is InChI=1S/C12H19N3O2/c16-10-6-13-9(5-14-10)12(17)15-11(7-1-2-7)8-3-4-8/h7-9,11,13H,1-6H2,(H,14,16)(H,15,17). The molecule has 3 aliphatic rings. The first-order chi connectivity index (χ1) is 8.24. The lowest BCUT2D eigenvalue weighted by Crippen LogP contribution is -2.59. The second-order valence-electron chi connectivity index (χ2n) is 5.45. The van der Waals surface area contributed by atoms with Gasteiger partial charge in [-0.2, -0.15) is 0 Å². The quantitative estimate of drug-likeness (QED) is 0.610. The minimum atomic E-state index is -0.257. The minimum Gasteiger partial charge on any atom is -0.353 e. The normalized spacial score (nSPS) is 29.0. The number of nitrogens with one attached hydrogen (secondary N) is 3. The number of carbonyl (C=O) groups is 2. The smallest absolute Gasteiger partial charge is 0.239 e. The molecule has 2 amide bonds. The molecule has 0 aromatic carbocycles. The lowest BCUT2D eigenvalue weighted by molar-refractivity contribution is -0.127. The van der Waals surface area contributed by atoms with Gasteiger partial charge in [0.25, 0.3) is 0 Å². The zero-order chi connectivity index (χ0) is 11.8. The number of carbonyl (C=O) groups excluding carboxylic acids is 2. The van der Waals surface area contributed by atoms with E-state index in [0.29, 0.717) is 24.4 Å². The summed E-state index contributed by atoms with van der Waals surface area (Å²) in [4.78, 5) is 23.0. The fourth-order valence-corrected chi connectivity index (χ4v) is 2.55. The van der Waals surface area contributed by atoms with Crippen molar-refractivity contribution < 1.29 is 9.59 Å². The summed E-state index contributed by atoms with van der Waals surface area (Å²) in [7, 11) is 0. The predicted molar refractivity (Wildman–Crippen MR) is 62.2 cm³/mol. The van der Waals surface area contributed by atoms with E-state index in [0.717, 1.165) is 0 Å². The van der Waals surface area contributed by atoms with Crippen molar-refractivity contribution >= 4 is 11.8 Å². The summed E-state index contributed by atoms with van der Waals surface area (Å²) in [6.07, 6.45) is 5.04. The largest absolute Gasteiger partial charge is 0.353 e. The Morgan fingerprint density at radius 3 is 2.35 bits per heavy atom. The van der Waals surface area contributed by atoms with E-state index in [9.17, 15) is 9.59 Å². The number of piperazine rings is 1. The van der Waals surface area contributed by atoms with E-state index in [-0.39, 0.29) is 24.4 Å². The highest BCUT2D eigenvalue weighted by Crippen LogP contribution is 2.44. The maximum Gasteiger partial charge on any atom is 0.239 e. The van der Waals surface area contributed by atoms with Crippen LogP contribution in [-0.2, 0) is 9.59 Å². The molecule has 17 heavy (non-hydrogen) atoms. The molecule has 1 atom stereocenters. The molecule has 0 radical (unpaired) electrons. The van der Waals surface area contributed by atoms with Gasteiger partial charge >= 0.3 is 0 Å². The van der Waals surface area contributed by atoms with E-state index in [1.807, 2.05) is 0 Å². The van der Waals surface area contributed by atoms with Gasteiger partial charge in [0.15, 0.2) is 0 Å². The first-order valence-corrected chi connectivity index (χ1v) is 6.54. The zero-order valence-corrected chi connectivity index (χ0v) is 9.87. The van der Waals surface area contributed by atoms with Gasteiger partial charge in [-0.15, -0.1) is 0 Å². The van der Waals surface area contributed by atoms with Gasteiger partial charge in [-0.25, -0.2) is 0 Å². The van der Waals surface area contributed by atoms with Crippen molar-refractivity contribution in [1.82, 2.24) is 16.0 Å². The molecule has 3 N–H and O–H groups in total. The maximum atomic E-state index is 12.1. The van der Waals surface area contributed by atoms with Crippen molar-refractivity contribution in [1.29, 1.82) is 0 Å². The third-order valence-corrected chi connectivity index (χ3v) is 3.90. The lowest BCUT2D eigenvalue weighted by Gasteiger charge is -2.26. The van der Waals surface area contributed by atoms with Crippen molar-refractivity contribution in [2.24, 2.45) is 11.8 Å². The number of rotatable bonds is 4. The topological polar surface area (TPSA) is 70.2 Å². The maximum absolute atomic E-state index is 12.1. The third-order valence-electron chi connectivity index (χ3n) is 3.90. The molecule has 1 saturated heterocycles. The Morgan fingerprint density at radius 2 is 1.88 bits per heavy atom. The SMILES string of the molecule is O=C1CNC(C(=O)NC(C2CC2)C2CC2)CN1. The molecule has 0 aromatic rings. The Balaban J connectivity index is 1.53. The Hall–Kier alpha value is -1.10. The van der Waals surface area contributed by atoms with Crippen LogP contribution in [0.5, 0.6) is 0 Å².